The highest BCUT2D eigenvalue weighted by atomic mass is 16.6. The number of nitrogens with zero attached hydrogens (tertiary/aromatic N) is 2. The Hall–Kier alpha value is -2.67. The number of hydrogen-bond acceptors (Lipinski definition) is 6. The summed E-state index contributed by atoms with van der Waals surface area (Å²) in [6, 6.07) is 8.24. The van der Waals surface area contributed by atoms with Gasteiger partial charge in [-0.2, -0.15) is 4.98 Å². The summed E-state index contributed by atoms with van der Waals surface area (Å²) < 4.78 is 5.53. The quantitative estimate of drug-likeness (QED) is 0.504. The first kappa shape index (κ1) is 13.8. The molecule has 1 heterocycles. The van der Waals surface area contributed by atoms with E-state index < -0.39 is 4.92 Å². The van der Waals surface area contributed by atoms with Gasteiger partial charge in [0.05, 0.1) is 4.92 Å². The molecule has 0 spiro atoms. The molecule has 0 radical (unpaired) electrons. The van der Waals surface area contributed by atoms with Crippen LogP contribution >= 0.6 is 0 Å². The van der Waals surface area contributed by atoms with Crippen molar-refractivity contribution in [1.29, 1.82) is 0 Å². The average Bonchev–Trinajstić information content (AvgIpc) is 2.37. The van der Waals surface area contributed by atoms with E-state index in [-0.39, 0.29) is 17.4 Å². The van der Waals surface area contributed by atoms with Crippen LogP contribution in [0.4, 0.5) is 11.5 Å². The summed E-state index contributed by atoms with van der Waals surface area (Å²) in [4.78, 5) is 14.4. The van der Waals surface area contributed by atoms with Gasteiger partial charge in [-0.1, -0.05) is 6.07 Å². The monoisotopic (exact) mass is 274 g/mol. The van der Waals surface area contributed by atoms with Crippen LogP contribution in [-0.2, 0) is 0 Å². The Labute approximate surface area is 115 Å². The maximum Gasteiger partial charge on any atom is 0.331 e. The van der Waals surface area contributed by atoms with E-state index in [4.69, 9.17) is 10.6 Å². The van der Waals surface area contributed by atoms with Crippen LogP contribution in [0, 0.1) is 24.0 Å². The van der Waals surface area contributed by atoms with Crippen LogP contribution in [0.3, 0.4) is 0 Å². The summed E-state index contributed by atoms with van der Waals surface area (Å²) in [5, 5.41) is 11.0. The minimum Gasteiger partial charge on any atom is -0.434 e. The SMILES string of the molecule is Cc1cc(C)cc(Oc2nc(NN)ccc2[N+](=O)[O-])c1. The molecule has 0 atom stereocenters. The van der Waals surface area contributed by atoms with Crippen LogP contribution in [0.25, 0.3) is 0 Å². The van der Waals surface area contributed by atoms with Gasteiger partial charge < -0.3 is 10.2 Å². The molecule has 0 aliphatic carbocycles. The fourth-order valence-electron chi connectivity index (χ4n) is 1.83. The highest BCUT2D eigenvalue weighted by molar-refractivity contribution is 5.50. The Morgan fingerprint density at radius 2 is 1.90 bits per heavy atom. The molecular formula is C13H14N4O3. The van der Waals surface area contributed by atoms with E-state index in [9.17, 15) is 10.1 Å². The summed E-state index contributed by atoms with van der Waals surface area (Å²) >= 11 is 0. The Bertz CT molecular complexity index is 638. The number of nitro groups is 1. The summed E-state index contributed by atoms with van der Waals surface area (Å²) in [5.41, 5.74) is 4.10. The highest BCUT2D eigenvalue weighted by Gasteiger charge is 2.18. The second kappa shape index (κ2) is 5.54. The molecule has 0 saturated heterocycles. The highest BCUT2D eigenvalue weighted by Crippen LogP contribution is 2.31. The van der Waals surface area contributed by atoms with Gasteiger partial charge in [0.1, 0.15) is 11.6 Å². The van der Waals surface area contributed by atoms with Crippen LogP contribution in [0.2, 0.25) is 0 Å². The minimum atomic E-state index is -0.550. The number of rotatable bonds is 4. The summed E-state index contributed by atoms with van der Waals surface area (Å²) in [6.45, 7) is 3.83. The van der Waals surface area contributed by atoms with Gasteiger partial charge >= 0.3 is 11.6 Å². The third-order valence-electron chi connectivity index (χ3n) is 2.59. The van der Waals surface area contributed by atoms with Gasteiger partial charge in [0.25, 0.3) is 0 Å². The van der Waals surface area contributed by atoms with Crippen molar-refractivity contribution in [2.45, 2.75) is 13.8 Å². The van der Waals surface area contributed by atoms with Crippen molar-refractivity contribution in [2.75, 3.05) is 5.43 Å². The van der Waals surface area contributed by atoms with Gasteiger partial charge in [-0.3, -0.25) is 10.1 Å². The lowest BCUT2D eigenvalue weighted by Gasteiger charge is -2.08. The molecule has 0 bridgehead atoms. The van der Waals surface area contributed by atoms with Crippen molar-refractivity contribution < 1.29 is 9.66 Å². The number of pyridine rings is 1. The Morgan fingerprint density at radius 3 is 2.45 bits per heavy atom. The number of aryl methyl sites for hydroxylation is 2. The second-order valence-electron chi connectivity index (χ2n) is 4.35. The number of benzene rings is 1. The Balaban J connectivity index is 2.42. The van der Waals surface area contributed by atoms with Crippen molar-refractivity contribution in [3.63, 3.8) is 0 Å². The Morgan fingerprint density at radius 1 is 1.25 bits per heavy atom. The largest absolute Gasteiger partial charge is 0.434 e. The zero-order chi connectivity index (χ0) is 14.7. The fourth-order valence-corrected chi connectivity index (χ4v) is 1.83. The van der Waals surface area contributed by atoms with E-state index in [0.29, 0.717) is 5.75 Å². The Kier molecular flexibility index (Phi) is 3.81. The van der Waals surface area contributed by atoms with E-state index >= 15 is 0 Å². The van der Waals surface area contributed by atoms with E-state index in [1.165, 1.54) is 12.1 Å². The van der Waals surface area contributed by atoms with Gasteiger partial charge in [0.15, 0.2) is 0 Å². The predicted octanol–water partition coefficient (Wildman–Crippen LogP) is 2.68. The zero-order valence-electron chi connectivity index (χ0n) is 11.1. The smallest absolute Gasteiger partial charge is 0.331 e. The molecule has 1 aromatic heterocycles. The van der Waals surface area contributed by atoms with Crippen LogP contribution in [-0.4, -0.2) is 9.91 Å². The molecule has 20 heavy (non-hydrogen) atoms. The van der Waals surface area contributed by atoms with Crippen molar-refractivity contribution >= 4 is 11.5 Å². The molecule has 0 aliphatic rings. The zero-order valence-corrected chi connectivity index (χ0v) is 11.1. The van der Waals surface area contributed by atoms with E-state index in [0.717, 1.165) is 11.1 Å². The first-order valence-corrected chi connectivity index (χ1v) is 5.88. The van der Waals surface area contributed by atoms with Crippen molar-refractivity contribution in [3.8, 4) is 11.6 Å². The van der Waals surface area contributed by atoms with E-state index in [1.54, 1.807) is 12.1 Å². The maximum atomic E-state index is 11.0. The lowest BCUT2D eigenvalue weighted by molar-refractivity contribution is -0.386. The molecule has 0 fully saturated rings. The number of anilines is 1. The molecule has 0 aliphatic heterocycles. The molecular weight excluding hydrogens is 260 g/mol. The van der Waals surface area contributed by atoms with Crippen molar-refractivity contribution in [1.82, 2.24) is 4.98 Å². The van der Waals surface area contributed by atoms with Gasteiger partial charge in [-0.25, -0.2) is 5.84 Å². The number of aromatic nitrogens is 1. The molecule has 2 aromatic rings. The molecule has 3 N–H and O–H groups in total. The van der Waals surface area contributed by atoms with Crippen LogP contribution in [0.1, 0.15) is 11.1 Å². The third kappa shape index (κ3) is 3.01. The van der Waals surface area contributed by atoms with Gasteiger partial charge in [-0.15, -0.1) is 0 Å². The standard InChI is InChI=1S/C13H14N4O3/c1-8-5-9(2)7-10(6-8)20-13-11(17(18)19)3-4-12(15-13)16-14/h3-7H,14H2,1-2H3,(H,15,16). The molecule has 2 rings (SSSR count). The second-order valence-corrected chi connectivity index (χ2v) is 4.35. The first-order chi connectivity index (χ1) is 9.49. The van der Waals surface area contributed by atoms with Gasteiger partial charge in [-0.05, 0) is 43.2 Å². The summed E-state index contributed by atoms with van der Waals surface area (Å²) in [7, 11) is 0. The van der Waals surface area contributed by atoms with Gasteiger partial charge in [0, 0.05) is 6.07 Å². The van der Waals surface area contributed by atoms with Crippen molar-refractivity contribution in [2.24, 2.45) is 5.84 Å². The van der Waals surface area contributed by atoms with Crippen LogP contribution in [0.5, 0.6) is 11.6 Å². The van der Waals surface area contributed by atoms with Crippen molar-refractivity contribution in [3.05, 3.63) is 51.6 Å². The molecule has 7 nitrogen and oxygen atoms in total. The minimum absolute atomic E-state index is 0.101. The van der Waals surface area contributed by atoms with Crippen LogP contribution < -0.4 is 16.0 Å². The topological polar surface area (TPSA) is 103 Å². The lowest BCUT2D eigenvalue weighted by Crippen LogP contribution is -2.09. The average molecular weight is 274 g/mol. The van der Waals surface area contributed by atoms with E-state index in [2.05, 4.69) is 10.4 Å². The van der Waals surface area contributed by atoms with E-state index in [1.807, 2.05) is 19.9 Å². The summed E-state index contributed by atoms with van der Waals surface area (Å²) in [5.74, 6) is 5.93. The number of hydrogen-bond donors (Lipinski definition) is 2. The fraction of sp³-hybridized carbons (Fsp3) is 0.154. The molecule has 0 amide bonds. The molecule has 104 valence electrons. The lowest BCUT2D eigenvalue weighted by atomic mass is 10.1. The normalized spacial score (nSPS) is 10.2. The maximum absolute atomic E-state index is 11.0. The molecule has 0 saturated carbocycles. The third-order valence-corrected chi connectivity index (χ3v) is 2.59. The predicted molar refractivity (Wildman–Crippen MR) is 74.7 cm³/mol. The number of nitrogens with two attached hydrogens (primary N) is 1. The number of nitrogens with one attached hydrogen (secondary N) is 1. The number of hydrazine groups is 1. The molecule has 1 aromatic carbocycles. The summed E-state index contributed by atoms with van der Waals surface area (Å²) in [6.07, 6.45) is 0. The number of nitrogen functional groups attached to an aromatic ring is 1. The molecule has 0 unspecified atom stereocenters. The molecule has 7 heteroatoms. The van der Waals surface area contributed by atoms with Gasteiger partial charge in [0.2, 0.25) is 0 Å². The number of ether oxygens (including phenoxy) is 1. The van der Waals surface area contributed by atoms with Crippen LogP contribution in [0.15, 0.2) is 30.3 Å². The first-order valence-electron chi connectivity index (χ1n) is 5.88.